The molecule has 0 aliphatic carbocycles. The lowest BCUT2D eigenvalue weighted by Gasteiger charge is -2.21. The molecule has 0 aromatic heterocycles. The molecule has 0 aromatic rings. The zero-order valence-electron chi connectivity index (χ0n) is 7.25. The van der Waals surface area contributed by atoms with E-state index in [1.807, 2.05) is 0 Å². The predicted octanol–water partition coefficient (Wildman–Crippen LogP) is 0.772. The molecule has 11 heavy (non-hydrogen) atoms. The lowest BCUT2D eigenvalue weighted by atomic mass is 10.3. The molecular formula is C8H18N2S. The summed E-state index contributed by atoms with van der Waals surface area (Å²) in [5.41, 5.74) is 5.73. The van der Waals surface area contributed by atoms with Crippen LogP contribution in [0.1, 0.15) is 13.3 Å². The second-order valence-corrected chi connectivity index (χ2v) is 4.47. The summed E-state index contributed by atoms with van der Waals surface area (Å²) >= 11 is 2.06. The standard InChI is InChI=1S/C8H18N2S/c1-8(9)7-10-3-2-5-11-6-4-10/h8H,2-7,9H2,1H3. The maximum atomic E-state index is 5.73. The molecule has 1 fully saturated rings. The molecule has 0 amide bonds. The van der Waals surface area contributed by atoms with Gasteiger partial charge in [-0.25, -0.2) is 0 Å². The summed E-state index contributed by atoms with van der Waals surface area (Å²) in [7, 11) is 0. The maximum Gasteiger partial charge on any atom is 0.0139 e. The summed E-state index contributed by atoms with van der Waals surface area (Å²) in [6.07, 6.45) is 1.33. The number of rotatable bonds is 2. The van der Waals surface area contributed by atoms with Crippen LogP contribution in [-0.2, 0) is 0 Å². The Morgan fingerprint density at radius 3 is 3.00 bits per heavy atom. The van der Waals surface area contributed by atoms with Crippen LogP contribution >= 0.6 is 11.8 Å². The molecule has 66 valence electrons. The van der Waals surface area contributed by atoms with Crippen LogP contribution in [0.3, 0.4) is 0 Å². The summed E-state index contributed by atoms with van der Waals surface area (Å²) in [4.78, 5) is 2.48. The van der Waals surface area contributed by atoms with Gasteiger partial charge in [-0.2, -0.15) is 11.8 Å². The molecule has 2 N–H and O–H groups in total. The minimum atomic E-state index is 0.332. The topological polar surface area (TPSA) is 29.3 Å². The van der Waals surface area contributed by atoms with E-state index in [9.17, 15) is 0 Å². The number of hydrogen-bond acceptors (Lipinski definition) is 3. The molecule has 1 saturated heterocycles. The Kier molecular flexibility index (Phi) is 4.26. The second-order valence-electron chi connectivity index (χ2n) is 3.24. The zero-order chi connectivity index (χ0) is 8.10. The van der Waals surface area contributed by atoms with Crippen LogP contribution < -0.4 is 5.73 Å². The summed E-state index contributed by atoms with van der Waals surface area (Å²) in [6.45, 7) is 5.62. The Balaban J connectivity index is 2.20. The average molecular weight is 174 g/mol. The highest BCUT2D eigenvalue weighted by Crippen LogP contribution is 2.09. The highest BCUT2D eigenvalue weighted by Gasteiger charge is 2.09. The Labute approximate surface area is 73.5 Å². The minimum absolute atomic E-state index is 0.332. The van der Waals surface area contributed by atoms with Crippen molar-refractivity contribution < 1.29 is 0 Å². The molecular weight excluding hydrogens is 156 g/mol. The number of nitrogens with two attached hydrogens (primary N) is 1. The molecule has 1 atom stereocenters. The highest BCUT2D eigenvalue weighted by molar-refractivity contribution is 7.99. The van der Waals surface area contributed by atoms with Crippen LogP contribution in [0.4, 0.5) is 0 Å². The van der Waals surface area contributed by atoms with Gasteiger partial charge in [-0.05, 0) is 25.6 Å². The van der Waals surface area contributed by atoms with E-state index < -0.39 is 0 Å². The molecule has 1 heterocycles. The lowest BCUT2D eigenvalue weighted by Crippen LogP contribution is -2.36. The van der Waals surface area contributed by atoms with Gasteiger partial charge in [-0.15, -0.1) is 0 Å². The molecule has 0 bridgehead atoms. The normalized spacial score (nSPS) is 24.5. The smallest absolute Gasteiger partial charge is 0.0139 e. The first-order valence-electron chi connectivity index (χ1n) is 4.34. The summed E-state index contributed by atoms with van der Waals surface area (Å²) in [6, 6.07) is 0.332. The van der Waals surface area contributed by atoms with Crippen molar-refractivity contribution in [2.75, 3.05) is 31.1 Å². The first-order chi connectivity index (χ1) is 5.29. The van der Waals surface area contributed by atoms with Crippen molar-refractivity contribution in [2.45, 2.75) is 19.4 Å². The van der Waals surface area contributed by atoms with Crippen LogP contribution in [0, 0.1) is 0 Å². The van der Waals surface area contributed by atoms with E-state index in [0.717, 1.165) is 6.54 Å². The van der Waals surface area contributed by atoms with E-state index in [4.69, 9.17) is 5.73 Å². The van der Waals surface area contributed by atoms with Crippen molar-refractivity contribution in [3.8, 4) is 0 Å². The fraction of sp³-hybridized carbons (Fsp3) is 1.00. The van der Waals surface area contributed by atoms with Gasteiger partial charge < -0.3 is 10.6 Å². The van der Waals surface area contributed by atoms with Crippen molar-refractivity contribution in [3.63, 3.8) is 0 Å². The van der Waals surface area contributed by atoms with Crippen molar-refractivity contribution in [2.24, 2.45) is 5.73 Å². The third kappa shape index (κ3) is 3.99. The molecule has 3 heteroatoms. The monoisotopic (exact) mass is 174 g/mol. The van der Waals surface area contributed by atoms with Crippen molar-refractivity contribution in [1.29, 1.82) is 0 Å². The van der Waals surface area contributed by atoms with E-state index >= 15 is 0 Å². The van der Waals surface area contributed by atoms with E-state index in [1.165, 1.54) is 31.0 Å². The molecule has 1 rings (SSSR count). The van der Waals surface area contributed by atoms with Crippen LogP contribution in [0.25, 0.3) is 0 Å². The first kappa shape index (κ1) is 9.36. The van der Waals surface area contributed by atoms with Crippen LogP contribution in [-0.4, -0.2) is 42.1 Å². The Bertz CT molecular complexity index is 98.3. The molecule has 1 unspecified atom stereocenters. The first-order valence-corrected chi connectivity index (χ1v) is 5.50. The maximum absolute atomic E-state index is 5.73. The van der Waals surface area contributed by atoms with Crippen LogP contribution in [0.5, 0.6) is 0 Å². The highest BCUT2D eigenvalue weighted by atomic mass is 32.2. The van der Waals surface area contributed by atoms with Crippen molar-refractivity contribution in [1.82, 2.24) is 4.90 Å². The predicted molar refractivity (Wildman–Crippen MR) is 52.0 cm³/mol. The zero-order valence-corrected chi connectivity index (χ0v) is 8.07. The third-order valence-electron chi connectivity index (χ3n) is 1.86. The summed E-state index contributed by atoms with van der Waals surface area (Å²) in [5.74, 6) is 2.61. The van der Waals surface area contributed by atoms with Gasteiger partial charge in [0.1, 0.15) is 0 Å². The lowest BCUT2D eigenvalue weighted by molar-refractivity contribution is 0.281. The average Bonchev–Trinajstić information content (AvgIpc) is 2.14. The minimum Gasteiger partial charge on any atom is -0.327 e. The fourth-order valence-corrected chi connectivity index (χ4v) is 2.31. The van der Waals surface area contributed by atoms with Gasteiger partial charge in [0, 0.05) is 24.9 Å². The molecule has 0 spiro atoms. The van der Waals surface area contributed by atoms with Gasteiger partial charge in [0.05, 0.1) is 0 Å². The SMILES string of the molecule is CC(N)CN1CCCSCC1. The molecule has 1 aliphatic rings. The fourth-order valence-electron chi connectivity index (χ4n) is 1.39. The molecule has 1 aliphatic heterocycles. The van der Waals surface area contributed by atoms with Crippen molar-refractivity contribution >= 4 is 11.8 Å². The van der Waals surface area contributed by atoms with Gasteiger partial charge >= 0.3 is 0 Å². The Hall–Kier alpha value is 0.270. The van der Waals surface area contributed by atoms with Crippen molar-refractivity contribution in [3.05, 3.63) is 0 Å². The quantitative estimate of drug-likeness (QED) is 0.670. The number of nitrogens with zero attached hydrogens (tertiary/aromatic N) is 1. The number of hydrogen-bond donors (Lipinski definition) is 1. The third-order valence-corrected chi connectivity index (χ3v) is 2.91. The van der Waals surface area contributed by atoms with E-state index in [0.29, 0.717) is 6.04 Å². The van der Waals surface area contributed by atoms with Crippen LogP contribution in [0.15, 0.2) is 0 Å². The van der Waals surface area contributed by atoms with Gasteiger partial charge in [-0.1, -0.05) is 0 Å². The Morgan fingerprint density at radius 2 is 2.27 bits per heavy atom. The number of thioether (sulfide) groups is 1. The molecule has 0 aromatic carbocycles. The largest absolute Gasteiger partial charge is 0.327 e. The summed E-state index contributed by atoms with van der Waals surface area (Å²) in [5, 5.41) is 0. The van der Waals surface area contributed by atoms with Gasteiger partial charge in [0.25, 0.3) is 0 Å². The molecule has 2 nitrogen and oxygen atoms in total. The molecule has 0 saturated carbocycles. The Morgan fingerprint density at radius 1 is 1.45 bits per heavy atom. The van der Waals surface area contributed by atoms with Crippen LogP contribution in [0.2, 0.25) is 0 Å². The second kappa shape index (κ2) is 5.01. The van der Waals surface area contributed by atoms with E-state index in [1.54, 1.807) is 0 Å². The molecule has 0 radical (unpaired) electrons. The summed E-state index contributed by atoms with van der Waals surface area (Å²) < 4.78 is 0. The van der Waals surface area contributed by atoms with Gasteiger partial charge in [0.15, 0.2) is 0 Å². The van der Waals surface area contributed by atoms with E-state index in [2.05, 4.69) is 23.6 Å². The van der Waals surface area contributed by atoms with E-state index in [-0.39, 0.29) is 0 Å². The van der Waals surface area contributed by atoms with Gasteiger partial charge in [-0.3, -0.25) is 0 Å². The van der Waals surface area contributed by atoms with Gasteiger partial charge in [0.2, 0.25) is 0 Å².